The quantitative estimate of drug-likeness (QED) is 0.662. The highest BCUT2D eigenvalue weighted by Gasteiger charge is 2.39. The molecular weight excluding hydrogens is 259 g/mol. The SMILES string of the molecule is Fc1cccc(CC(CCl)CC2CC3CCC2C3)c1. The summed E-state index contributed by atoms with van der Waals surface area (Å²) in [4.78, 5) is 0. The molecule has 0 nitrogen and oxygen atoms in total. The molecule has 0 radical (unpaired) electrons. The summed E-state index contributed by atoms with van der Waals surface area (Å²) in [5.74, 6) is 3.92. The van der Waals surface area contributed by atoms with Crippen molar-refractivity contribution in [3.8, 4) is 0 Å². The zero-order valence-corrected chi connectivity index (χ0v) is 12.1. The highest BCUT2D eigenvalue weighted by Crippen LogP contribution is 2.50. The molecular formula is C17H22ClF. The molecule has 0 saturated heterocycles. The average molecular weight is 281 g/mol. The number of hydrogen-bond donors (Lipinski definition) is 0. The smallest absolute Gasteiger partial charge is 0.123 e. The molecule has 2 saturated carbocycles. The maximum absolute atomic E-state index is 13.2. The van der Waals surface area contributed by atoms with Gasteiger partial charge in [-0.1, -0.05) is 18.6 Å². The van der Waals surface area contributed by atoms with Crippen molar-refractivity contribution in [1.82, 2.24) is 0 Å². The van der Waals surface area contributed by atoms with Gasteiger partial charge in [-0.15, -0.1) is 11.6 Å². The molecule has 0 aromatic heterocycles. The Morgan fingerprint density at radius 1 is 1.26 bits per heavy atom. The number of hydrogen-bond acceptors (Lipinski definition) is 0. The summed E-state index contributed by atoms with van der Waals surface area (Å²) in [6.45, 7) is 0. The number of rotatable bonds is 5. The number of benzene rings is 1. The summed E-state index contributed by atoms with van der Waals surface area (Å²) >= 11 is 6.14. The van der Waals surface area contributed by atoms with Gasteiger partial charge in [0, 0.05) is 5.88 Å². The van der Waals surface area contributed by atoms with Gasteiger partial charge in [0.2, 0.25) is 0 Å². The van der Waals surface area contributed by atoms with Crippen LogP contribution in [0.2, 0.25) is 0 Å². The van der Waals surface area contributed by atoms with Crippen molar-refractivity contribution in [2.24, 2.45) is 23.7 Å². The molecule has 0 N–H and O–H groups in total. The first-order valence-corrected chi connectivity index (χ1v) is 8.08. The molecule has 2 bridgehead atoms. The first-order chi connectivity index (χ1) is 9.24. The van der Waals surface area contributed by atoms with Crippen LogP contribution in [0.1, 0.15) is 37.7 Å². The second kappa shape index (κ2) is 5.83. The Hall–Kier alpha value is -0.560. The Balaban J connectivity index is 1.59. The van der Waals surface area contributed by atoms with Gasteiger partial charge in [-0.3, -0.25) is 0 Å². The average Bonchev–Trinajstić information content (AvgIpc) is 3.00. The van der Waals surface area contributed by atoms with Crippen molar-refractivity contribution in [1.29, 1.82) is 0 Å². The lowest BCUT2D eigenvalue weighted by atomic mass is 9.81. The van der Waals surface area contributed by atoms with Gasteiger partial charge in [0.05, 0.1) is 0 Å². The molecule has 4 atom stereocenters. The van der Waals surface area contributed by atoms with E-state index in [2.05, 4.69) is 0 Å². The maximum atomic E-state index is 13.2. The van der Waals surface area contributed by atoms with Crippen LogP contribution in [0.25, 0.3) is 0 Å². The topological polar surface area (TPSA) is 0 Å². The Kier molecular flexibility index (Phi) is 4.12. The van der Waals surface area contributed by atoms with Gasteiger partial charge in [0.15, 0.2) is 0 Å². The zero-order valence-electron chi connectivity index (χ0n) is 11.3. The van der Waals surface area contributed by atoms with Crippen LogP contribution < -0.4 is 0 Å². The molecule has 0 heterocycles. The van der Waals surface area contributed by atoms with E-state index in [0.29, 0.717) is 11.8 Å². The van der Waals surface area contributed by atoms with E-state index in [1.165, 1.54) is 38.2 Å². The Bertz CT molecular complexity index is 431. The third kappa shape index (κ3) is 3.13. The third-order valence-electron chi connectivity index (χ3n) is 5.15. The molecule has 1 aromatic rings. The first kappa shape index (κ1) is 13.4. The second-order valence-electron chi connectivity index (χ2n) is 6.53. The third-order valence-corrected chi connectivity index (χ3v) is 5.59. The Morgan fingerprint density at radius 3 is 2.79 bits per heavy atom. The lowest BCUT2D eigenvalue weighted by Crippen LogP contribution is -2.18. The fourth-order valence-electron chi connectivity index (χ4n) is 4.29. The minimum Gasteiger partial charge on any atom is -0.207 e. The van der Waals surface area contributed by atoms with Crippen LogP contribution in [0.4, 0.5) is 4.39 Å². The highest BCUT2D eigenvalue weighted by molar-refractivity contribution is 6.18. The van der Waals surface area contributed by atoms with Crippen molar-refractivity contribution in [2.75, 3.05) is 5.88 Å². The van der Waals surface area contributed by atoms with Gasteiger partial charge in [-0.25, -0.2) is 4.39 Å². The van der Waals surface area contributed by atoms with Gasteiger partial charge in [-0.05, 0) is 73.5 Å². The maximum Gasteiger partial charge on any atom is 0.123 e. The van der Waals surface area contributed by atoms with Crippen LogP contribution >= 0.6 is 11.6 Å². The number of halogens is 2. The molecule has 4 unspecified atom stereocenters. The minimum atomic E-state index is -0.134. The largest absolute Gasteiger partial charge is 0.207 e. The monoisotopic (exact) mass is 280 g/mol. The molecule has 1 aromatic carbocycles. The van der Waals surface area contributed by atoms with Gasteiger partial charge in [-0.2, -0.15) is 0 Å². The van der Waals surface area contributed by atoms with Crippen LogP contribution in [0, 0.1) is 29.5 Å². The van der Waals surface area contributed by atoms with E-state index in [4.69, 9.17) is 11.6 Å². The van der Waals surface area contributed by atoms with E-state index < -0.39 is 0 Å². The van der Waals surface area contributed by atoms with E-state index in [-0.39, 0.29) is 5.82 Å². The molecule has 2 heteroatoms. The van der Waals surface area contributed by atoms with E-state index in [9.17, 15) is 4.39 Å². The molecule has 0 amide bonds. The Morgan fingerprint density at radius 2 is 2.16 bits per heavy atom. The van der Waals surface area contributed by atoms with Gasteiger partial charge in [0.1, 0.15) is 5.82 Å². The molecule has 0 spiro atoms. The number of fused-ring (bicyclic) bond motifs is 2. The standard InChI is InChI=1S/C17H22ClF/c18-11-14(6-12-2-1-3-17(19)10-12)9-16-8-13-4-5-15(16)7-13/h1-3,10,13-16H,4-9,11H2. The first-order valence-electron chi connectivity index (χ1n) is 7.55. The lowest BCUT2D eigenvalue weighted by Gasteiger charge is -2.25. The van der Waals surface area contributed by atoms with E-state index >= 15 is 0 Å². The van der Waals surface area contributed by atoms with Gasteiger partial charge in [0.25, 0.3) is 0 Å². The van der Waals surface area contributed by atoms with Crippen LogP contribution in [0.3, 0.4) is 0 Å². The predicted octanol–water partition coefficient (Wildman–Crippen LogP) is 5.05. The van der Waals surface area contributed by atoms with Crippen LogP contribution in [-0.4, -0.2) is 5.88 Å². The molecule has 2 aliphatic rings. The summed E-state index contributed by atoms with van der Waals surface area (Å²) in [6, 6.07) is 6.98. The van der Waals surface area contributed by atoms with Gasteiger partial charge >= 0.3 is 0 Å². The highest BCUT2D eigenvalue weighted by atomic mass is 35.5. The molecule has 0 aliphatic heterocycles. The zero-order chi connectivity index (χ0) is 13.2. The summed E-state index contributed by atoms with van der Waals surface area (Å²) < 4.78 is 13.2. The van der Waals surface area contributed by atoms with Crippen LogP contribution in [0.5, 0.6) is 0 Å². The summed E-state index contributed by atoms with van der Waals surface area (Å²) in [7, 11) is 0. The molecule has 19 heavy (non-hydrogen) atoms. The molecule has 2 aliphatic carbocycles. The summed E-state index contributed by atoms with van der Waals surface area (Å²) in [5.41, 5.74) is 1.09. The van der Waals surface area contributed by atoms with Crippen LogP contribution in [-0.2, 0) is 6.42 Å². The van der Waals surface area contributed by atoms with Gasteiger partial charge < -0.3 is 0 Å². The van der Waals surface area contributed by atoms with Crippen molar-refractivity contribution < 1.29 is 4.39 Å². The predicted molar refractivity (Wildman–Crippen MR) is 77.9 cm³/mol. The minimum absolute atomic E-state index is 0.134. The second-order valence-corrected chi connectivity index (χ2v) is 6.83. The normalized spacial score (nSPS) is 30.7. The van der Waals surface area contributed by atoms with Crippen molar-refractivity contribution in [3.63, 3.8) is 0 Å². The number of alkyl halides is 1. The van der Waals surface area contributed by atoms with Crippen molar-refractivity contribution in [3.05, 3.63) is 35.6 Å². The molecule has 2 fully saturated rings. The Labute approximate surface area is 120 Å². The lowest BCUT2D eigenvalue weighted by molar-refractivity contribution is 0.276. The summed E-state index contributed by atoms with van der Waals surface area (Å²) in [6.07, 6.45) is 7.93. The van der Waals surface area contributed by atoms with Crippen molar-refractivity contribution in [2.45, 2.75) is 38.5 Å². The van der Waals surface area contributed by atoms with E-state index in [0.717, 1.165) is 29.7 Å². The van der Waals surface area contributed by atoms with E-state index in [1.807, 2.05) is 6.07 Å². The summed E-state index contributed by atoms with van der Waals surface area (Å²) in [5, 5.41) is 0. The fraction of sp³-hybridized carbons (Fsp3) is 0.647. The van der Waals surface area contributed by atoms with E-state index in [1.54, 1.807) is 12.1 Å². The van der Waals surface area contributed by atoms with Crippen LogP contribution in [0.15, 0.2) is 24.3 Å². The van der Waals surface area contributed by atoms with Crippen molar-refractivity contribution >= 4 is 11.6 Å². The molecule has 3 rings (SSSR count). The molecule has 104 valence electrons. The fourth-order valence-corrected chi connectivity index (χ4v) is 4.53.